The normalized spacial score (nSPS) is 10.3. The van der Waals surface area contributed by atoms with E-state index in [9.17, 15) is 10.0 Å². The first kappa shape index (κ1) is 9.95. The molecule has 0 saturated heterocycles. The quantitative estimate of drug-likeness (QED) is 0.670. The number of nitrogens with zero attached hydrogens (tertiary/aromatic N) is 1. The van der Waals surface area contributed by atoms with Crippen LogP contribution in [0.15, 0.2) is 30.5 Å². The molecule has 0 amide bonds. The van der Waals surface area contributed by atoms with Crippen LogP contribution in [-0.4, -0.2) is 29.3 Å². The van der Waals surface area contributed by atoms with Crippen molar-refractivity contribution < 1.29 is 14.8 Å². The summed E-state index contributed by atoms with van der Waals surface area (Å²) in [4.78, 5) is 4.04. The molecule has 0 unspecified atom stereocenters. The van der Waals surface area contributed by atoms with E-state index in [4.69, 9.17) is 4.74 Å². The Morgan fingerprint density at radius 2 is 2.00 bits per heavy atom. The molecule has 1 aromatic carbocycles. The summed E-state index contributed by atoms with van der Waals surface area (Å²) >= 11 is 0. The van der Waals surface area contributed by atoms with E-state index in [1.165, 1.54) is 7.11 Å². The number of ether oxygens (including phenoxy) is 1. The van der Waals surface area contributed by atoms with Crippen LogP contribution in [0.2, 0.25) is 0 Å². The van der Waals surface area contributed by atoms with Gasteiger partial charge in [0.05, 0.1) is 7.11 Å². The Balaban J connectivity index is 2.76. The Morgan fingerprint density at radius 3 is 2.67 bits per heavy atom. The second-order valence-electron chi connectivity index (χ2n) is 3.14. The van der Waals surface area contributed by atoms with E-state index >= 15 is 0 Å². The number of hydrogen-bond acceptors (Lipinski definition) is 4. The van der Waals surface area contributed by atoms with E-state index in [1.54, 1.807) is 24.4 Å². The van der Waals surface area contributed by atoms with Crippen LogP contribution >= 0.6 is 0 Å². The Hall–Kier alpha value is -1.59. The highest BCUT2D eigenvalue weighted by Crippen LogP contribution is 2.20. The van der Waals surface area contributed by atoms with Gasteiger partial charge in [-0.2, -0.15) is 0 Å². The van der Waals surface area contributed by atoms with Crippen molar-refractivity contribution in [3.05, 3.63) is 30.5 Å². The minimum atomic E-state index is -1.49. The van der Waals surface area contributed by atoms with Gasteiger partial charge in [-0.3, -0.25) is 0 Å². The van der Waals surface area contributed by atoms with E-state index in [0.29, 0.717) is 11.3 Å². The Morgan fingerprint density at radius 1 is 1.20 bits per heavy atom. The number of benzene rings is 1. The van der Waals surface area contributed by atoms with Gasteiger partial charge in [-0.05, 0) is 23.0 Å². The predicted molar refractivity (Wildman–Crippen MR) is 58.1 cm³/mol. The fourth-order valence-electron chi connectivity index (χ4n) is 1.59. The van der Waals surface area contributed by atoms with E-state index < -0.39 is 7.12 Å². The fraction of sp³-hybridized carbons (Fsp3) is 0.100. The average Bonchev–Trinajstić information content (AvgIpc) is 2.27. The molecule has 5 heteroatoms. The summed E-state index contributed by atoms with van der Waals surface area (Å²) in [7, 11) is 0.0462. The van der Waals surface area contributed by atoms with Gasteiger partial charge in [0, 0.05) is 11.6 Å². The van der Waals surface area contributed by atoms with Crippen molar-refractivity contribution >= 4 is 23.4 Å². The van der Waals surface area contributed by atoms with Crippen molar-refractivity contribution in [2.75, 3.05) is 7.11 Å². The van der Waals surface area contributed by atoms with E-state index in [-0.39, 0.29) is 0 Å². The van der Waals surface area contributed by atoms with Gasteiger partial charge in [-0.25, -0.2) is 4.98 Å². The van der Waals surface area contributed by atoms with Gasteiger partial charge in [0.25, 0.3) is 0 Å². The molecule has 0 aliphatic rings. The number of methoxy groups -OCH3 is 1. The third kappa shape index (κ3) is 1.67. The predicted octanol–water partition coefficient (Wildman–Crippen LogP) is -0.0768. The Labute approximate surface area is 87.3 Å². The Bertz CT molecular complexity index is 487. The first-order valence-corrected chi connectivity index (χ1v) is 4.52. The zero-order valence-electron chi connectivity index (χ0n) is 8.21. The van der Waals surface area contributed by atoms with Crippen LogP contribution < -0.4 is 10.2 Å². The second kappa shape index (κ2) is 3.88. The molecule has 1 heterocycles. The molecule has 0 aliphatic carbocycles. The summed E-state index contributed by atoms with van der Waals surface area (Å²) in [5, 5.41) is 19.9. The zero-order chi connectivity index (χ0) is 10.8. The standard InChI is InChI=1S/C10H10BNO3/c1-15-10-8-3-2-4-9(11(13)14)7(8)5-6-12-10/h2-6,13-14H,1H3. The fourth-order valence-corrected chi connectivity index (χ4v) is 1.59. The van der Waals surface area contributed by atoms with Gasteiger partial charge < -0.3 is 14.8 Å². The summed E-state index contributed by atoms with van der Waals surface area (Å²) in [6, 6.07) is 6.95. The molecule has 15 heavy (non-hydrogen) atoms. The van der Waals surface area contributed by atoms with Gasteiger partial charge >= 0.3 is 7.12 Å². The van der Waals surface area contributed by atoms with Crippen LogP contribution in [0.3, 0.4) is 0 Å². The lowest BCUT2D eigenvalue weighted by atomic mass is 9.77. The molecule has 2 aromatic rings. The van der Waals surface area contributed by atoms with Crippen molar-refractivity contribution in [1.29, 1.82) is 0 Å². The van der Waals surface area contributed by atoms with Crippen molar-refractivity contribution in [3.8, 4) is 5.88 Å². The maximum Gasteiger partial charge on any atom is 0.489 e. The molecule has 4 nitrogen and oxygen atoms in total. The Kier molecular flexibility index (Phi) is 2.57. The molecule has 2 N–H and O–H groups in total. The summed E-state index contributed by atoms with van der Waals surface area (Å²) in [6.07, 6.45) is 1.58. The van der Waals surface area contributed by atoms with Gasteiger partial charge in [0.1, 0.15) is 0 Å². The maximum absolute atomic E-state index is 9.18. The largest absolute Gasteiger partial charge is 0.489 e. The molecule has 1 aromatic heterocycles. The van der Waals surface area contributed by atoms with Crippen molar-refractivity contribution in [1.82, 2.24) is 4.98 Å². The van der Waals surface area contributed by atoms with Crippen LogP contribution in [0.25, 0.3) is 10.8 Å². The minimum Gasteiger partial charge on any atom is -0.481 e. The number of fused-ring (bicyclic) bond motifs is 1. The van der Waals surface area contributed by atoms with E-state index in [2.05, 4.69) is 4.98 Å². The number of aromatic nitrogens is 1. The number of hydrogen-bond donors (Lipinski definition) is 2. The van der Waals surface area contributed by atoms with Crippen molar-refractivity contribution in [2.45, 2.75) is 0 Å². The zero-order valence-corrected chi connectivity index (χ0v) is 8.21. The van der Waals surface area contributed by atoms with Gasteiger partial charge in [-0.1, -0.05) is 12.1 Å². The van der Waals surface area contributed by atoms with Gasteiger partial charge in [-0.15, -0.1) is 0 Å². The molecule has 0 fully saturated rings. The van der Waals surface area contributed by atoms with Crippen molar-refractivity contribution in [3.63, 3.8) is 0 Å². The smallest absolute Gasteiger partial charge is 0.481 e. The highest BCUT2D eigenvalue weighted by molar-refractivity contribution is 6.62. The van der Waals surface area contributed by atoms with E-state index in [1.807, 2.05) is 6.07 Å². The lowest BCUT2D eigenvalue weighted by molar-refractivity contribution is 0.403. The monoisotopic (exact) mass is 203 g/mol. The highest BCUT2D eigenvalue weighted by Gasteiger charge is 2.15. The topological polar surface area (TPSA) is 62.6 Å². The second-order valence-corrected chi connectivity index (χ2v) is 3.14. The molecule has 0 spiro atoms. The molecule has 0 radical (unpaired) electrons. The van der Waals surface area contributed by atoms with Crippen LogP contribution in [0.4, 0.5) is 0 Å². The SMILES string of the molecule is COc1nccc2c(B(O)O)cccc12. The lowest BCUT2D eigenvalue weighted by Gasteiger charge is -2.07. The summed E-state index contributed by atoms with van der Waals surface area (Å²) in [5.74, 6) is 0.481. The van der Waals surface area contributed by atoms with E-state index in [0.717, 1.165) is 10.8 Å². The number of pyridine rings is 1. The average molecular weight is 203 g/mol. The van der Waals surface area contributed by atoms with Crippen LogP contribution in [0, 0.1) is 0 Å². The highest BCUT2D eigenvalue weighted by atomic mass is 16.5. The molecule has 0 aliphatic heterocycles. The maximum atomic E-state index is 9.18. The first-order chi connectivity index (χ1) is 7.24. The van der Waals surface area contributed by atoms with Crippen LogP contribution in [0.5, 0.6) is 5.88 Å². The third-order valence-corrected chi connectivity index (χ3v) is 2.27. The summed E-state index contributed by atoms with van der Waals surface area (Å²) < 4.78 is 5.09. The molecule has 0 bridgehead atoms. The van der Waals surface area contributed by atoms with Crippen LogP contribution in [-0.2, 0) is 0 Å². The third-order valence-electron chi connectivity index (χ3n) is 2.27. The van der Waals surface area contributed by atoms with Crippen LogP contribution in [0.1, 0.15) is 0 Å². The molecule has 0 saturated carbocycles. The lowest BCUT2D eigenvalue weighted by Crippen LogP contribution is -2.30. The molecular weight excluding hydrogens is 193 g/mol. The van der Waals surface area contributed by atoms with Crippen molar-refractivity contribution in [2.24, 2.45) is 0 Å². The first-order valence-electron chi connectivity index (χ1n) is 4.52. The summed E-state index contributed by atoms with van der Waals surface area (Å²) in [5.41, 5.74) is 0.452. The molecule has 0 atom stereocenters. The summed E-state index contributed by atoms with van der Waals surface area (Å²) in [6.45, 7) is 0. The molecular formula is C10H10BNO3. The molecule has 76 valence electrons. The van der Waals surface area contributed by atoms with Gasteiger partial charge in [0.2, 0.25) is 5.88 Å². The minimum absolute atomic E-state index is 0.452. The molecule has 2 rings (SSSR count). The van der Waals surface area contributed by atoms with Gasteiger partial charge in [0.15, 0.2) is 0 Å². The number of rotatable bonds is 2.